The lowest BCUT2D eigenvalue weighted by molar-refractivity contribution is -0.147. The molecule has 0 radical (unpaired) electrons. The number of rotatable bonds is 5. The van der Waals surface area contributed by atoms with Crippen molar-refractivity contribution in [2.24, 2.45) is 5.41 Å². The van der Waals surface area contributed by atoms with E-state index in [2.05, 4.69) is 6.07 Å². The summed E-state index contributed by atoms with van der Waals surface area (Å²) < 4.78 is 10.7. The molecule has 29 heavy (non-hydrogen) atoms. The summed E-state index contributed by atoms with van der Waals surface area (Å²) in [6.07, 6.45) is 0.884. The molecule has 1 unspecified atom stereocenters. The lowest BCUT2D eigenvalue weighted by Crippen LogP contribution is -2.47. The fourth-order valence-corrected chi connectivity index (χ4v) is 3.85. The van der Waals surface area contributed by atoms with Crippen LogP contribution in [0, 0.1) is 23.7 Å². The van der Waals surface area contributed by atoms with Crippen LogP contribution in [0.4, 0.5) is 4.79 Å². The molecule has 0 aromatic heterocycles. The third kappa shape index (κ3) is 5.96. The highest BCUT2D eigenvalue weighted by Crippen LogP contribution is 2.47. The number of piperidine rings is 1. The van der Waals surface area contributed by atoms with Gasteiger partial charge >= 0.3 is 12.1 Å². The summed E-state index contributed by atoms with van der Waals surface area (Å²) in [6, 6.07) is 10.3. The lowest BCUT2D eigenvalue weighted by atomic mass is 9.64. The van der Waals surface area contributed by atoms with Gasteiger partial charge in [-0.2, -0.15) is 5.26 Å². The normalized spacial score (nSPS) is 17.2. The van der Waals surface area contributed by atoms with E-state index in [0.717, 1.165) is 11.1 Å². The molecule has 2 rings (SSSR count). The molecule has 158 valence electrons. The molecule has 1 aliphatic rings. The first kappa shape index (κ1) is 22.7. The summed E-state index contributed by atoms with van der Waals surface area (Å²) in [5, 5.41) is 10.0. The van der Waals surface area contributed by atoms with Gasteiger partial charge in [-0.1, -0.05) is 29.8 Å². The highest BCUT2D eigenvalue weighted by atomic mass is 16.6. The minimum absolute atomic E-state index is 0.162. The zero-order valence-electron chi connectivity index (χ0n) is 18.2. The summed E-state index contributed by atoms with van der Waals surface area (Å²) in [5.74, 6) is -0.751. The van der Waals surface area contributed by atoms with Crippen LogP contribution in [-0.4, -0.2) is 42.3 Å². The Kier molecular flexibility index (Phi) is 7.29. The molecule has 1 aromatic carbocycles. The van der Waals surface area contributed by atoms with E-state index in [1.807, 2.05) is 52.0 Å². The number of nitrogens with zero attached hydrogens (tertiary/aromatic N) is 2. The zero-order valence-corrected chi connectivity index (χ0v) is 18.2. The molecule has 0 spiro atoms. The smallest absolute Gasteiger partial charge is 0.410 e. The van der Waals surface area contributed by atoms with E-state index in [0.29, 0.717) is 32.5 Å². The number of carbonyl (C=O) groups is 2. The number of likely N-dealkylation sites (tertiary alicyclic amines) is 1. The Balaban J connectivity index is 2.26. The van der Waals surface area contributed by atoms with Crippen molar-refractivity contribution in [3.63, 3.8) is 0 Å². The average molecular weight is 401 g/mol. The minimum Gasteiger partial charge on any atom is -0.466 e. The predicted molar refractivity (Wildman–Crippen MR) is 110 cm³/mol. The van der Waals surface area contributed by atoms with Crippen molar-refractivity contribution in [2.75, 3.05) is 19.7 Å². The molecule has 0 N–H and O–H groups in total. The summed E-state index contributed by atoms with van der Waals surface area (Å²) in [5.41, 5.74) is 0.875. The van der Waals surface area contributed by atoms with Crippen molar-refractivity contribution in [2.45, 2.75) is 65.4 Å². The number of hydrogen-bond acceptors (Lipinski definition) is 5. The van der Waals surface area contributed by atoms with Crippen LogP contribution in [0.2, 0.25) is 0 Å². The molecular weight excluding hydrogens is 368 g/mol. The average Bonchev–Trinajstić information content (AvgIpc) is 2.63. The zero-order chi connectivity index (χ0) is 21.7. The fourth-order valence-electron chi connectivity index (χ4n) is 3.85. The number of esters is 1. The molecule has 1 fully saturated rings. The van der Waals surface area contributed by atoms with Crippen LogP contribution in [0.3, 0.4) is 0 Å². The van der Waals surface area contributed by atoms with Crippen LogP contribution in [0.25, 0.3) is 0 Å². The Labute approximate surface area is 173 Å². The van der Waals surface area contributed by atoms with Crippen LogP contribution in [0.1, 0.15) is 64.0 Å². The third-order valence-electron chi connectivity index (χ3n) is 5.36. The predicted octanol–water partition coefficient (Wildman–Crippen LogP) is 4.57. The summed E-state index contributed by atoms with van der Waals surface area (Å²) >= 11 is 0. The number of amides is 1. The van der Waals surface area contributed by atoms with Gasteiger partial charge in [-0.25, -0.2) is 4.79 Å². The minimum atomic E-state index is -0.575. The molecule has 0 aliphatic carbocycles. The quantitative estimate of drug-likeness (QED) is 0.676. The van der Waals surface area contributed by atoms with E-state index in [1.54, 1.807) is 11.8 Å². The Hall–Kier alpha value is -2.55. The van der Waals surface area contributed by atoms with Crippen LogP contribution in [0.5, 0.6) is 0 Å². The van der Waals surface area contributed by atoms with Crippen molar-refractivity contribution >= 4 is 12.1 Å². The highest BCUT2D eigenvalue weighted by Gasteiger charge is 2.45. The molecule has 1 amide bonds. The molecule has 1 atom stereocenters. The highest BCUT2D eigenvalue weighted by molar-refractivity contribution is 5.71. The maximum atomic E-state index is 12.4. The van der Waals surface area contributed by atoms with E-state index in [9.17, 15) is 14.9 Å². The van der Waals surface area contributed by atoms with Crippen LogP contribution in [-0.2, 0) is 14.3 Å². The molecule has 6 nitrogen and oxygen atoms in total. The molecule has 6 heteroatoms. The molecule has 1 heterocycles. The number of ether oxygens (including phenoxy) is 2. The first-order chi connectivity index (χ1) is 13.6. The maximum absolute atomic E-state index is 12.4. The Morgan fingerprint density at radius 1 is 1.21 bits per heavy atom. The van der Waals surface area contributed by atoms with Crippen molar-refractivity contribution in [3.8, 4) is 6.07 Å². The number of aryl methyl sites for hydroxylation is 1. The van der Waals surface area contributed by atoms with Crippen molar-refractivity contribution in [1.82, 2.24) is 4.90 Å². The first-order valence-corrected chi connectivity index (χ1v) is 10.2. The topological polar surface area (TPSA) is 79.6 Å². The lowest BCUT2D eigenvalue weighted by Gasteiger charge is -2.44. The number of carbonyl (C=O) groups excluding carboxylic acids is 2. The number of benzene rings is 1. The second kappa shape index (κ2) is 9.30. The third-order valence-corrected chi connectivity index (χ3v) is 5.36. The molecule has 1 aliphatic heterocycles. The Bertz CT molecular complexity index is 751. The number of nitriles is 1. The van der Waals surface area contributed by atoms with Crippen LogP contribution >= 0.6 is 0 Å². The van der Waals surface area contributed by atoms with E-state index < -0.39 is 16.9 Å². The van der Waals surface area contributed by atoms with Crippen LogP contribution in [0.15, 0.2) is 24.3 Å². The van der Waals surface area contributed by atoms with Gasteiger partial charge in [-0.15, -0.1) is 0 Å². The van der Waals surface area contributed by atoms with Gasteiger partial charge in [0.25, 0.3) is 0 Å². The van der Waals surface area contributed by atoms with Gasteiger partial charge < -0.3 is 14.4 Å². The molecular formula is C23H32N2O4. The summed E-state index contributed by atoms with van der Waals surface area (Å²) in [4.78, 5) is 26.5. The van der Waals surface area contributed by atoms with Crippen molar-refractivity contribution in [3.05, 3.63) is 35.4 Å². The fraction of sp³-hybridized carbons (Fsp3) is 0.609. The van der Waals surface area contributed by atoms with Gasteiger partial charge in [-0.3, -0.25) is 4.79 Å². The van der Waals surface area contributed by atoms with E-state index in [-0.39, 0.29) is 18.5 Å². The van der Waals surface area contributed by atoms with E-state index in [1.165, 1.54) is 0 Å². The van der Waals surface area contributed by atoms with Gasteiger partial charge in [0.15, 0.2) is 0 Å². The molecule has 0 saturated carbocycles. The molecule has 0 bridgehead atoms. The second-order valence-corrected chi connectivity index (χ2v) is 8.78. The monoisotopic (exact) mass is 400 g/mol. The first-order valence-electron chi connectivity index (χ1n) is 10.2. The second-order valence-electron chi connectivity index (χ2n) is 8.78. The molecule has 1 aromatic rings. The van der Waals surface area contributed by atoms with Crippen molar-refractivity contribution < 1.29 is 19.1 Å². The Morgan fingerprint density at radius 3 is 2.28 bits per heavy atom. The maximum Gasteiger partial charge on any atom is 0.410 e. The Morgan fingerprint density at radius 2 is 1.79 bits per heavy atom. The standard InChI is InChI=1S/C23H32N2O4/c1-6-28-20(26)15-23(19(16-24)18-9-7-17(2)8-10-18)11-13-25(14-12-23)21(27)29-22(3,4)5/h7-10,19H,6,11-15H2,1-5H3. The van der Waals surface area contributed by atoms with Gasteiger partial charge in [0, 0.05) is 18.5 Å². The summed E-state index contributed by atoms with van der Waals surface area (Å²) in [7, 11) is 0. The van der Waals surface area contributed by atoms with Gasteiger partial charge in [0.1, 0.15) is 5.60 Å². The van der Waals surface area contributed by atoms with Gasteiger partial charge in [-0.05, 0) is 53.0 Å². The van der Waals surface area contributed by atoms with Gasteiger partial charge in [0.2, 0.25) is 0 Å². The van der Waals surface area contributed by atoms with Crippen molar-refractivity contribution in [1.29, 1.82) is 5.26 Å². The number of hydrogen-bond donors (Lipinski definition) is 0. The largest absolute Gasteiger partial charge is 0.466 e. The molecule has 1 saturated heterocycles. The van der Waals surface area contributed by atoms with E-state index in [4.69, 9.17) is 9.47 Å². The van der Waals surface area contributed by atoms with E-state index >= 15 is 0 Å². The van der Waals surface area contributed by atoms with Gasteiger partial charge in [0.05, 0.1) is 25.0 Å². The summed E-state index contributed by atoms with van der Waals surface area (Å²) in [6.45, 7) is 10.5. The van der Waals surface area contributed by atoms with Crippen LogP contribution < -0.4 is 0 Å². The SMILES string of the molecule is CCOC(=O)CC1(C(C#N)c2ccc(C)cc2)CCN(C(=O)OC(C)(C)C)CC1.